The largest absolute Gasteiger partial charge is 0.493 e. The quantitative estimate of drug-likeness (QED) is 0.213. The average Bonchev–Trinajstić information content (AvgIpc) is 3.60. The van der Waals surface area contributed by atoms with Crippen LogP contribution in [0, 0.1) is 11.3 Å². The monoisotopic (exact) mass is 534 g/mol. The summed E-state index contributed by atoms with van der Waals surface area (Å²) < 4.78 is 12.0. The molecule has 0 aliphatic heterocycles. The number of ketones is 1. The number of aliphatic carboxylic acids is 2. The second-order valence-corrected chi connectivity index (χ2v) is 9.83. The second-order valence-electron chi connectivity index (χ2n) is 9.83. The first-order valence-electron chi connectivity index (χ1n) is 12.6. The zero-order valence-electron chi connectivity index (χ0n) is 20.9. The van der Waals surface area contributed by atoms with Crippen LogP contribution in [0.2, 0.25) is 0 Å². The number of benzene rings is 2. The Balaban J connectivity index is 1.36. The maximum absolute atomic E-state index is 13.2. The van der Waals surface area contributed by atoms with E-state index in [0.717, 1.165) is 17.5 Å². The SMILES string of the molecule is O=C(CC(CCn1nnc2ccccc2c1=O)(C(=O)O)C(=O)O)c1noc2cc(OCC3CCCC3)ccc12. The fourth-order valence-corrected chi connectivity index (χ4v) is 4.97. The number of nitrogens with zero attached hydrogens (tertiary/aromatic N) is 4. The Morgan fingerprint density at radius 2 is 1.79 bits per heavy atom. The van der Waals surface area contributed by atoms with E-state index in [2.05, 4.69) is 15.5 Å². The van der Waals surface area contributed by atoms with Crippen LogP contribution in [0.1, 0.15) is 49.0 Å². The summed E-state index contributed by atoms with van der Waals surface area (Å²) in [4.78, 5) is 50.5. The first-order valence-corrected chi connectivity index (χ1v) is 12.6. The van der Waals surface area contributed by atoms with E-state index in [9.17, 15) is 29.4 Å². The summed E-state index contributed by atoms with van der Waals surface area (Å²) in [7, 11) is 0. The number of carbonyl (C=O) groups excluding carboxylic acids is 1. The smallest absolute Gasteiger partial charge is 0.321 e. The van der Waals surface area contributed by atoms with Crippen molar-refractivity contribution < 1.29 is 33.9 Å². The number of carboxylic acid groups (broad SMARTS) is 2. The molecule has 4 aromatic rings. The topological polar surface area (TPSA) is 175 Å². The molecule has 2 aromatic heterocycles. The Labute approximate surface area is 221 Å². The molecule has 202 valence electrons. The summed E-state index contributed by atoms with van der Waals surface area (Å²) in [6.45, 7) is 0.194. The summed E-state index contributed by atoms with van der Waals surface area (Å²) >= 11 is 0. The van der Waals surface area contributed by atoms with Crippen LogP contribution < -0.4 is 10.3 Å². The lowest BCUT2D eigenvalue weighted by Gasteiger charge is -2.23. The number of hydrogen-bond acceptors (Lipinski definition) is 9. The molecule has 1 saturated carbocycles. The van der Waals surface area contributed by atoms with Gasteiger partial charge >= 0.3 is 11.9 Å². The van der Waals surface area contributed by atoms with Crippen molar-refractivity contribution in [1.29, 1.82) is 0 Å². The molecule has 2 heterocycles. The number of hydrogen-bond donors (Lipinski definition) is 2. The van der Waals surface area contributed by atoms with Gasteiger partial charge in [0.15, 0.2) is 22.5 Å². The van der Waals surface area contributed by atoms with Gasteiger partial charge in [-0.25, -0.2) is 4.68 Å². The zero-order valence-corrected chi connectivity index (χ0v) is 20.9. The molecule has 1 fully saturated rings. The Hall–Kier alpha value is -4.61. The first kappa shape index (κ1) is 26.0. The molecular weight excluding hydrogens is 508 g/mol. The third-order valence-corrected chi connectivity index (χ3v) is 7.33. The lowest BCUT2D eigenvalue weighted by Crippen LogP contribution is -2.43. The number of fused-ring (bicyclic) bond motifs is 2. The molecule has 5 rings (SSSR count). The van der Waals surface area contributed by atoms with Crippen molar-refractivity contribution in [2.45, 2.75) is 45.1 Å². The zero-order chi connectivity index (χ0) is 27.6. The van der Waals surface area contributed by atoms with Crippen molar-refractivity contribution in [3.05, 3.63) is 58.5 Å². The average molecular weight is 535 g/mol. The predicted molar refractivity (Wildman–Crippen MR) is 137 cm³/mol. The van der Waals surface area contributed by atoms with Crippen LogP contribution in [0.25, 0.3) is 21.9 Å². The van der Waals surface area contributed by atoms with Crippen LogP contribution in [0.4, 0.5) is 0 Å². The highest BCUT2D eigenvalue weighted by molar-refractivity contribution is 6.10. The van der Waals surface area contributed by atoms with Gasteiger partial charge in [0.1, 0.15) is 11.3 Å². The number of Topliss-reactive ketones (excluding diaryl/α,β-unsaturated/α-hetero) is 1. The standard InChI is InChI=1S/C27H26N4O8/c32-21(23-19-10-9-17(13-22(19)39-29-23)38-15-16-5-1-2-6-16)14-27(25(34)35,26(36)37)11-12-31-24(33)18-7-3-4-8-20(18)28-30-31/h3-4,7-10,13,16H,1-2,5-6,11-12,14-15H2,(H,34,35)(H,36,37). The van der Waals surface area contributed by atoms with E-state index in [1.165, 1.54) is 18.9 Å². The van der Waals surface area contributed by atoms with Crippen molar-refractivity contribution >= 4 is 39.6 Å². The van der Waals surface area contributed by atoms with E-state index in [1.54, 1.807) is 36.4 Å². The molecule has 1 aliphatic rings. The number of aromatic nitrogens is 4. The van der Waals surface area contributed by atoms with E-state index in [4.69, 9.17) is 9.26 Å². The number of ether oxygens (including phenoxy) is 1. The molecular formula is C27H26N4O8. The van der Waals surface area contributed by atoms with Gasteiger partial charge in [0.2, 0.25) is 0 Å². The number of rotatable bonds is 11. The van der Waals surface area contributed by atoms with E-state index in [-0.39, 0.29) is 23.2 Å². The molecule has 0 saturated heterocycles. The van der Waals surface area contributed by atoms with E-state index < -0.39 is 41.5 Å². The van der Waals surface area contributed by atoms with Gasteiger partial charge in [-0.05, 0) is 49.4 Å². The third-order valence-electron chi connectivity index (χ3n) is 7.33. The van der Waals surface area contributed by atoms with Gasteiger partial charge in [0, 0.05) is 19.0 Å². The maximum atomic E-state index is 13.2. The van der Waals surface area contributed by atoms with Crippen molar-refractivity contribution in [2.75, 3.05) is 6.61 Å². The minimum absolute atomic E-state index is 0.179. The minimum atomic E-state index is -2.54. The summed E-state index contributed by atoms with van der Waals surface area (Å²) in [6, 6.07) is 11.3. The molecule has 12 nitrogen and oxygen atoms in total. The van der Waals surface area contributed by atoms with Gasteiger partial charge in [-0.1, -0.05) is 35.3 Å². The summed E-state index contributed by atoms with van der Waals surface area (Å²) in [5.41, 5.74) is -2.66. The normalized spacial score (nSPS) is 14.2. The van der Waals surface area contributed by atoms with Crippen molar-refractivity contribution in [3.8, 4) is 5.75 Å². The molecule has 12 heteroatoms. The maximum Gasteiger partial charge on any atom is 0.321 e. The van der Waals surface area contributed by atoms with Crippen LogP contribution in [0.3, 0.4) is 0 Å². The number of carboxylic acids is 2. The molecule has 0 radical (unpaired) electrons. The third kappa shape index (κ3) is 5.09. The van der Waals surface area contributed by atoms with Crippen LogP contribution in [-0.2, 0) is 16.1 Å². The molecule has 2 aromatic carbocycles. The molecule has 0 unspecified atom stereocenters. The van der Waals surface area contributed by atoms with Crippen molar-refractivity contribution in [3.63, 3.8) is 0 Å². The Morgan fingerprint density at radius 1 is 1.05 bits per heavy atom. The van der Waals surface area contributed by atoms with Gasteiger partial charge in [-0.2, -0.15) is 0 Å². The lowest BCUT2D eigenvalue weighted by atomic mass is 9.79. The summed E-state index contributed by atoms with van der Waals surface area (Å²) in [5.74, 6) is -3.21. The molecule has 0 atom stereocenters. The fourth-order valence-electron chi connectivity index (χ4n) is 4.97. The highest BCUT2D eigenvalue weighted by atomic mass is 16.5. The van der Waals surface area contributed by atoms with E-state index >= 15 is 0 Å². The second kappa shape index (κ2) is 10.6. The van der Waals surface area contributed by atoms with Gasteiger partial charge in [-0.3, -0.25) is 19.2 Å². The molecule has 1 aliphatic carbocycles. The molecule has 2 N–H and O–H groups in total. The first-order chi connectivity index (χ1) is 18.8. The Bertz CT molecular complexity index is 1610. The number of carbonyl (C=O) groups is 3. The van der Waals surface area contributed by atoms with Crippen LogP contribution >= 0.6 is 0 Å². The molecule has 39 heavy (non-hydrogen) atoms. The summed E-state index contributed by atoms with van der Waals surface area (Å²) in [6.07, 6.45) is 3.14. The van der Waals surface area contributed by atoms with Gasteiger partial charge in [0.05, 0.1) is 17.4 Å². The van der Waals surface area contributed by atoms with Crippen molar-refractivity contribution in [2.24, 2.45) is 11.3 Å². The van der Waals surface area contributed by atoms with Crippen LogP contribution in [0.15, 0.2) is 51.8 Å². The van der Waals surface area contributed by atoms with Crippen molar-refractivity contribution in [1.82, 2.24) is 20.2 Å². The predicted octanol–water partition coefficient (Wildman–Crippen LogP) is 3.32. The molecule has 0 spiro atoms. The Morgan fingerprint density at radius 3 is 2.54 bits per heavy atom. The highest BCUT2D eigenvalue weighted by Gasteiger charge is 2.49. The van der Waals surface area contributed by atoms with Crippen LogP contribution in [0.5, 0.6) is 5.75 Å². The van der Waals surface area contributed by atoms with E-state index in [0.29, 0.717) is 29.2 Å². The molecule has 0 amide bonds. The lowest BCUT2D eigenvalue weighted by molar-refractivity contribution is -0.165. The van der Waals surface area contributed by atoms with Gasteiger partial charge in [0.25, 0.3) is 5.56 Å². The molecule has 0 bridgehead atoms. The summed E-state index contributed by atoms with van der Waals surface area (Å²) in [5, 5.41) is 32.0. The fraction of sp³-hybridized carbons (Fsp3) is 0.370. The van der Waals surface area contributed by atoms with Crippen LogP contribution in [-0.4, -0.2) is 54.7 Å². The highest BCUT2D eigenvalue weighted by Crippen LogP contribution is 2.33. The minimum Gasteiger partial charge on any atom is -0.493 e. The Kier molecular flexibility index (Phi) is 7.09. The van der Waals surface area contributed by atoms with Gasteiger partial charge < -0.3 is 19.5 Å². The number of aryl methyl sites for hydroxylation is 1. The van der Waals surface area contributed by atoms with Gasteiger partial charge in [-0.15, -0.1) is 5.10 Å². The van der Waals surface area contributed by atoms with E-state index in [1.807, 2.05) is 0 Å².